The second-order valence-corrected chi connectivity index (χ2v) is 8.43. The average molecular weight is 405 g/mol. The van der Waals surface area contributed by atoms with Crippen LogP contribution in [0.15, 0.2) is 48.5 Å². The van der Waals surface area contributed by atoms with Crippen LogP contribution in [0, 0.1) is 5.92 Å². The molecule has 0 aliphatic carbocycles. The monoisotopic (exact) mass is 405 g/mol. The number of hydrogen-bond acceptors (Lipinski definition) is 4. The molecule has 2 heterocycles. The summed E-state index contributed by atoms with van der Waals surface area (Å²) in [5.41, 5.74) is 2.25. The number of carbonyl (C=O) groups excluding carboxylic acids is 3. The Morgan fingerprint density at radius 3 is 2.13 bits per heavy atom. The van der Waals surface area contributed by atoms with E-state index in [4.69, 9.17) is 0 Å². The summed E-state index contributed by atoms with van der Waals surface area (Å²) < 4.78 is 0. The molecule has 0 bridgehead atoms. The first-order chi connectivity index (χ1) is 14.4. The Kier molecular flexibility index (Phi) is 5.68. The molecule has 2 aliphatic heterocycles. The van der Waals surface area contributed by atoms with Gasteiger partial charge in [0.15, 0.2) is 0 Å². The number of carbonyl (C=O) groups is 3. The van der Waals surface area contributed by atoms with Crippen LogP contribution in [0.25, 0.3) is 0 Å². The molecule has 0 radical (unpaired) electrons. The third kappa shape index (κ3) is 4.00. The van der Waals surface area contributed by atoms with Gasteiger partial charge in [-0.3, -0.25) is 24.2 Å². The second kappa shape index (κ2) is 8.40. The first-order valence-corrected chi connectivity index (χ1v) is 10.5. The van der Waals surface area contributed by atoms with Gasteiger partial charge in [0.2, 0.25) is 0 Å². The van der Waals surface area contributed by atoms with Crippen molar-refractivity contribution in [2.24, 2.45) is 5.92 Å². The molecule has 3 amide bonds. The quantitative estimate of drug-likeness (QED) is 0.718. The standard InChI is InChI=1S/C24H27N3O3/c1-17(2)15-25-10-12-26(13-11-25)22(28)19-7-5-6-18(14-19)16-27-23(29)20-8-3-4-9-21(20)24(27)30/h3-9,14,17H,10-13,15-16H2,1-2H3. The summed E-state index contributed by atoms with van der Waals surface area (Å²) in [6.07, 6.45) is 0. The fourth-order valence-electron chi connectivity index (χ4n) is 4.20. The number of benzene rings is 2. The molecular formula is C24H27N3O3. The van der Waals surface area contributed by atoms with Crippen molar-refractivity contribution < 1.29 is 14.4 Å². The first kappa shape index (κ1) is 20.3. The Morgan fingerprint density at radius 2 is 1.53 bits per heavy atom. The van der Waals surface area contributed by atoms with Gasteiger partial charge in [-0.15, -0.1) is 0 Å². The topological polar surface area (TPSA) is 60.9 Å². The Hall–Kier alpha value is -2.99. The van der Waals surface area contributed by atoms with Gasteiger partial charge in [0.1, 0.15) is 0 Å². The number of rotatable bonds is 5. The normalized spacial score (nSPS) is 17.0. The third-order valence-corrected chi connectivity index (χ3v) is 5.68. The van der Waals surface area contributed by atoms with Gasteiger partial charge < -0.3 is 4.90 Å². The van der Waals surface area contributed by atoms with E-state index >= 15 is 0 Å². The highest BCUT2D eigenvalue weighted by Gasteiger charge is 2.35. The second-order valence-electron chi connectivity index (χ2n) is 8.43. The van der Waals surface area contributed by atoms with E-state index < -0.39 is 0 Å². The van der Waals surface area contributed by atoms with E-state index in [-0.39, 0.29) is 24.3 Å². The molecule has 4 rings (SSSR count). The lowest BCUT2D eigenvalue weighted by atomic mass is 10.1. The van der Waals surface area contributed by atoms with Crippen LogP contribution < -0.4 is 0 Å². The summed E-state index contributed by atoms with van der Waals surface area (Å²) in [4.78, 5) is 43.7. The maximum atomic E-state index is 13.0. The average Bonchev–Trinajstić information content (AvgIpc) is 2.99. The molecule has 0 spiro atoms. The highest BCUT2D eigenvalue weighted by atomic mass is 16.2. The molecule has 0 unspecified atom stereocenters. The molecule has 156 valence electrons. The van der Waals surface area contributed by atoms with Crippen LogP contribution in [-0.2, 0) is 6.54 Å². The lowest BCUT2D eigenvalue weighted by molar-refractivity contribution is 0.0622. The van der Waals surface area contributed by atoms with Crippen LogP contribution in [0.3, 0.4) is 0 Å². The van der Waals surface area contributed by atoms with E-state index in [0.717, 1.165) is 25.2 Å². The molecule has 1 fully saturated rings. The minimum absolute atomic E-state index is 0.00316. The van der Waals surface area contributed by atoms with Gasteiger partial charge in [0, 0.05) is 38.3 Å². The van der Waals surface area contributed by atoms with Crippen molar-refractivity contribution in [3.8, 4) is 0 Å². The van der Waals surface area contributed by atoms with Gasteiger partial charge in [0.25, 0.3) is 17.7 Å². The van der Waals surface area contributed by atoms with Crippen LogP contribution >= 0.6 is 0 Å². The molecule has 2 aromatic carbocycles. The Labute approximate surface area is 177 Å². The number of piperazine rings is 1. The molecule has 6 heteroatoms. The molecule has 2 aliphatic rings. The van der Waals surface area contributed by atoms with E-state index in [2.05, 4.69) is 18.7 Å². The van der Waals surface area contributed by atoms with E-state index in [1.807, 2.05) is 17.0 Å². The number of hydrogen-bond donors (Lipinski definition) is 0. The number of fused-ring (bicyclic) bond motifs is 1. The highest BCUT2D eigenvalue weighted by Crippen LogP contribution is 2.24. The fourth-order valence-corrected chi connectivity index (χ4v) is 4.20. The van der Waals surface area contributed by atoms with E-state index in [1.165, 1.54) is 4.90 Å². The fraction of sp³-hybridized carbons (Fsp3) is 0.375. The van der Waals surface area contributed by atoms with Crippen molar-refractivity contribution in [2.75, 3.05) is 32.7 Å². The summed E-state index contributed by atoms with van der Waals surface area (Å²) in [5, 5.41) is 0. The Morgan fingerprint density at radius 1 is 0.900 bits per heavy atom. The van der Waals surface area contributed by atoms with Gasteiger partial charge in [-0.2, -0.15) is 0 Å². The van der Waals surface area contributed by atoms with Crippen LogP contribution in [0.1, 0.15) is 50.5 Å². The first-order valence-electron chi connectivity index (χ1n) is 10.5. The van der Waals surface area contributed by atoms with Gasteiger partial charge >= 0.3 is 0 Å². The lowest BCUT2D eigenvalue weighted by Gasteiger charge is -2.35. The Bertz CT molecular complexity index is 942. The van der Waals surface area contributed by atoms with Crippen LogP contribution in [0.5, 0.6) is 0 Å². The van der Waals surface area contributed by atoms with Crippen molar-refractivity contribution in [3.05, 3.63) is 70.8 Å². The Balaban J connectivity index is 1.43. The van der Waals surface area contributed by atoms with Gasteiger partial charge in [-0.25, -0.2) is 0 Å². The molecular weight excluding hydrogens is 378 g/mol. The van der Waals surface area contributed by atoms with Crippen molar-refractivity contribution >= 4 is 17.7 Å². The third-order valence-electron chi connectivity index (χ3n) is 5.68. The van der Waals surface area contributed by atoms with Crippen molar-refractivity contribution in [1.82, 2.24) is 14.7 Å². The smallest absolute Gasteiger partial charge is 0.261 e. The maximum Gasteiger partial charge on any atom is 0.261 e. The molecule has 0 atom stereocenters. The zero-order valence-corrected chi connectivity index (χ0v) is 17.5. The van der Waals surface area contributed by atoms with Gasteiger partial charge in [-0.1, -0.05) is 38.1 Å². The van der Waals surface area contributed by atoms with Crippen LogP contribution in [0.2, 0.25) is 0 Å². The summed E-state index contributed by atoms with van der Waals surface area (Å²) in [6.45, 7) is 8.84. The molecule has 6 nitrogen and oxygen atoms in total. The number of amides is 3. The van der Waals surface area contributed by atoms with E-state index in [1.54, 1.807) is 36.4 Å². The molecule has 2 aromatic rings. The van der Waals surface area contributed by atoms with Gasteiger partial charge in [0.05, 0.1) is 17.7 Å². The predicted octanol–water partition coefficient (Wildman–Crippen LogP) is 2.90. The largest absolute Gasteiger partial charge is 0.336 e. The van der Waals surface area contributed by atoms with E-state index in [0.29, 0.717) is 35.7 Å². The number of imide groups is 1. The molecule has 1 saturated heterocycles. The minimum Gasteiger partial charge on any atom is -0.336 e. The summed E-state index contributed by atoms with van der Waals surface area (Å²) in [7, 11) is 0. The summed E-state index contributed by atoms with van der Waals surface area (Å²) >= 11 is 0. The van der Waals surface area contributed by atoms with Crippen LogP contribution in [-0.4, -0.2) is 65.1 Å². The van der Waals surface area contributed by atoms with Crippen molar-refractivity contribution in [3.63, 3.8) is 0 Å². The summed E-state index contributed by atoms with van der Waals surface area (Å²) in [5.74, 6) is 0.0525. The summed E-state index contributed by atoms with van der Waals surface area (Å²) in [6, 6.07) is 14.1. The van der Waals surface area contributed by atoms with Gasteiger partial charge in [-0.05, 0) is 35.7 Å². The SMILES string of the molecule is CC(C)CN1CCN(C(=O)c2cccc(CN3C(=O)c4ccccc4C3=O)c2)CC1. The minimum atomic E-state index is -0.284. The van der Waals surface area contributed by atoms with Crippen LogP contribution in [0.4, 0.5) is 0 Å². The molecule has 0 N–H and O–H groups in total. The number of nitrogens with zero attached hydrogens (tertiary/aromatic N) is 3. The molecule has 0 aromatic heterocycles. The van der Waals surface area contributed by atoms with Crippen molar-refractivity contribution in [2.45, 2.75) is 20.4 Å². The highest BCUT2D eigenvalue weighted by molar-refractivity contribution is 6.21. The molecule has 30 heavy (non-hydrogen) atoms. The zero-order valence-electron chi connectivity index (χ0n) is 17.5. The van der Waals surface area contributed by atoms with Crippen molar-refractivity contribution in [1.29, 1.82) is 0 Å². The zero-order chi connectivity index (χ0) is 21.3. The maximum absolute atomic E-state index is 13.0. The lowest BCUT2D eigenvalue weighted by Crippen LogP contribution is -2.49. The predicted molar refractivity (Wildman–Crippen MR) is 114 cm³/mol. The molecule has 0 saturated carbocycles. The van der Waals surface area contributed by atoms with E-state index in [9.17, 15) is 14.4 Å².